The van der Waals surface area contributed by atoms with Gasteiger partial charge in [-0.15, -0.1) is 0 Å². The van der Waals surface area contributed by atoms with Crippen molar-refractivity contribution in [1.29, 1.82) is 0 Å². The highest BCUT2D eigenvalue weighted by Gasteiger charge is 2.17. The first kappa shape index (κ1) is 13.6. The van der Waals surface area contributed by atoms with E-state index in [0.717, 1.165) is 27.9 Å². The summed E-state index contributed by atoms with van der Waals surface area (Å²) in [6, 6.07) is 9.66. The van der Waals surface area contributed by atoms with Crippen molar-refractivity contribution in [3.8, 4) is 5.75 Å². The lowest BCUT2D eigenvalue weighted by Crippen LogP contribution is -2.13. The van der Waals surface area contributed by atoms with E-state index in [0.29, 0.717) is 6.61 Å². The quantitative estimate of drug-likeness (QED) is 0.798. The molecule has 2 heterocycles. The number of ether oxygens (including phenoxy) is 1. The Balaban J connectivity index is 2.04. The van der Waals surface area contributed by atoms with Crippen LogP contribution in [0.25, 0.3) is 10.9 Å². The summed E-state index contributed by atoms with van der Waals surface area (Å²) in [6.45, 7) is 2.55. The van der Waals surface area contributed by atoms with E-state index in [1.165, 1.54) is 0 Å². The molecule has 0 aliphatic rings. The molecule has 0 bridgehead atoms. The summed E-state index contributed by atoms with van der Waals surface area (Å²) in [5.74, 6) is 0.727. The Kier molecular flexibility index (Phi) is 3.58. The van der Waals surface area contributed by atoms with Gasteiger partial charge in [0.05, 0.1) is 30.1 Å². The molecule has 1 unspecified atom stereocenters. The molecule has 2 N–H and O–H groups in total. The predicted molar refractivity (Wildman–Crippen MR) is 82.2 cm³/mol. The summed E-state index contributed by atoms with van der Waals surface area (Å²) in [5, 5.41) is 5.63. The van der Waals surface area contributed by atoms with E-state index in [-0.39, 0.29) is 6.04 Å². The second-order valence-corrected chi connectivity index (χ2v) is 4.89. The summed E-state index contributed by atoms with van der Waals surface area (Å²) in [6.07, 6.45) is 3.45. The molecule has 3 aromatic rings. The number of rotatable bonds is 4. The minimum Gasteiger partial charge on any atom is -0.492 e. The lowest BCUT2D eigenvalue weighted by atomic mass is 10.0. The highest BCUT2D eigenvalue weighted by atomic mass is 16.5. The third-order valence-electron chi connectivity index (χ3n) is 3.49. The Morgan fingerprint density at radius 2 is 2.10 bits per heavy atom. The zero-order valence-electron chi connectivity index (χ0n) is 12.2. The molecule has 0 saturated heterocycles. The summed E-state index contributed by atoms with van der Waals surface area (Å²) < 4.78 is 7.33. The fourth-order valence-electron chi connectivity index (χ4n) is 2.48. The highest BCUT2D eigenvalue weighted by molar-refractivity contribution is 5.82. The van der Waals surface area contributed by atoms with Crippen LogP contribution in [0, 0.1) is 0 Å². The third kappa shape index (κ3) is 2.48. The van der Waals surface area contributed by atoms with E-state index in [2.05, 4.69) is 10.1 Å². The second kappa shape index (κ2) is 5.54. The summed E-state index contributed by atoms with van der Waals surface area (Å²) in [5.41, 5.74) is 9.20. The number of hydrogen-bond acceptors (Lipinski definition) is 4. The predicted octanol–water partition coefficient (Wildman–Crippen LogP) is 2.42. The Bertz CT molecular complexity index is 766. The average molecular weight is 282 g/mol. The van der Waals surface area contributed by atoms with Crippen molar-refractivity contribution in [1.82, 2.24) is 14.8 Å². The number of nitrogens with two attached hydrogens (primary N) is 1. The van der Waals surface area contributed by atoms with Crippen LogP contribution in [0.15, 0.2) is 42.7 Å². The van der Waals surface area contributed by atoms with Crippen molar-refractivity contribution in [2.75, 3.05) is 6.61 Å². The average Bonchev–Trinajstić information content (AvgIpc) is 2.85. The van der Waals surface area contributed by atoms with Gasteiger partial charge in [-0.05, 0) is 24.6 Å². The van der Waals surface area contributed by atoms with Gasteiger partial charge in [0.2, 0.25) is 0 Å². The van der Waals surface area contributed by atoms with Gasteiger partial charge in [0.15, 0.2) is 0 Å². The summed E-state index contributed by atoms with van der Waals surface area (Å²) in [4.78, 5) is 4.20. The highest BCUT2D eigenvalue weighted by Crippen LogP contribution is 2.27. The monoisotopic (exact) mass is 282 g/mol. The molecule has 0 aliphatic carbocycles. The lowest BCUT2D eigenvalue weighted by Gasteiger charge is -2.11. The smallest absolute Gasteiger partial charge is 0.137 e. The van der Waals surface area contributed by atoms with Crippen molar-refractivity contribution in [2.45, 2.75) is 13.0 Å². The van der Waals surface area contributed by atoms with Crippen molar-refractivity contribution < 1.29 is 4.74 Å². The van der Waals surface area contributed by atoms with E-state index in [9.17, 15) is 0 Å². The van der Waals surface area contributed by atoms with Gasteiger partial charge in [-0.3, -0.25) is 9.67 Å². The maximum absolute atomic E-state index is 6.39. The SMILES string of the molecule is CCOc1cncc(C(N)c2nn(C)c3ccccc23)c1. The third-order valence-corrected chi connectivity index (χ3v) is 3.49. The molecule has 5 nitrogen and oxygen atoms in total. The zero-order valence-corrected chi connectivity index (χ0v) is 12.2. The van der Waals surface area contributed by atoms with Crippen LogP contribution in [0.3, 0.4) is 0 Å². The molecule has 0 radical (unpaired) electrons. The maximum Gasteiger partial charge on any atom is 0.137 e. The van der Waals surface area contributed by atoms with E-state index < -0.39 is 0 Å². The number of pyridine rings is 1. The number of fused-ring (bicyclic) bond motifs is 1. The minimum atomic E-state index is -0.330. The maximum atomic E-state index is 6.39. The molecule has 1 atom stereocenters. The Labute approximate surface area is 123 Å². The molecule has 0 spiro atoms. The number of para-hydroxylation sites is 1. The van der Waals surface area contributed by atoms with E-state index in [1.807, 2.05) is 49.0 Å². The van der Waals surface area contributed by atoms with Gasteiger partial charge in [-0.1, -0.05) is 18.2 Å². The van der Waals surface area contributed by atoms with Gasteiger partial charge in [0, 0.05) is 18.6 Å². The summed E-state index contributed by atoms with van der Waals surface area (Å²) in [7, 11) is 1.92. The standard InChI is InChI=1S/C16H18N4O/c1-3-21-12-8-11(9-18-10-12)15(17)16-13-6-4-5-7-14(13)20(2)19-16/h4-10,15H,3,17H2,1-2H3. The Hall–Kier alpha value is -2.40. The molecule has 1 aromatic carbocycles. The molecule has 21 heavy (non-hydrogen) atoms. The Morgan fingerprint density at radius 3 is 2.90 bits per heavy atom. The van der Waals surface area contributed by atoms with E-state index in [1.54, 1.807) is 12.4 Å². The Morgan fingerprint density at radius 1 is 1.29 bits per heavy atom. The van der Waals surface area contributed by atoms with Gasteiger partial charge < -0.3 is 10.5 Å². The molecular formula is C16H18N4O. The zero-order chi connectivity index (χ0) is 14.8. The number of aryl methyl sites for hydroxylation is 1. The van der Waals surface area contributed by atoms with Crippen LogP contribution in [-0.4, -0.2) is 21.4 Å². The molecular weight excluding hydrogens is 264 g/mol. The first-order valence-corrected chi connectivity index (χ1v) is 6.95. The number of benzene rings is 1. The first-order chi connectivity index (χ1) is 10.2. The number of hydrogen-bond donors (Lipinski definition) is 1. The van der Waals surface area contributed by atoms with Gasteiger partial charge in [0.25, 0.3) is 0 Å². The fourth-order valence-corrected chi connectivity index (χ4v) is 2.48. The van der Waals surface area contributed by atoms with Crippen molar-refractivity contribution in [3.63, 3.8) is 0 Å². The van der Waals surface area contributed by atoms with E-state index >= 15 is 0 Å². The van der Waals surface area contributed by atoms with Gasteiger partial charge in [-0.2, -0.15) is 5.10 Å². The van der Waals surface area contributed by atoms with Crippen LogP contribution in [0.4, 0.5) is 0 Å². The van der Waals surface area contributed by atoms with Gasteiger partial charge >= 0.3 is 0 Å². The normalized spacial score (nSPS) is 12.5. The molecule has 0 aliphatic heterocycles. The molecule has 108 valence electrons. The van der Waals surface area contributed by atoms with Crippen LogP contribution >= 0.6 is 0 Å². The van der Waals surface area contributed by atoms with Crippen LogP contribution in [-0.2, 0) is 7.05 Å². The van der Waals surface area contributed by atoms with Gasteiger partial charge in [-0.25, -0.2) is 0 Å². The lowest BCUT2D eigenvalue weighted by molar-refractivity contribution is 0.338. The minimum absolute atomic E-state index is 0.330. The van der Waals surface area contributed by atoms with Crippen LogP contribution < -0.4 is 10.5 Å². The van der Waals surface area contributed by atoms with Crippen molar-refractivity contribution in [2.24, 2.45) is 12.8 Å². The molecule has 5 heteroatoms. The second-order valence-electron chi connectivity index (χ2n) is 4.89. The first-order valence-electron chi connectivity index (χ1n) is 6.95. The van der Waals surface area contributed by atoms with Crippen molar-refractivity contribution >= 4 is 10.9 Å². The fraction of sp³-hybridized carbons (Fsp3) is 0.250. The number of nitrogens with zero attached hydrogens (tertiary/aromatic N) is 3. The molecule has 2 aromatic heterocycles. The number of aromatic nitrogens is 3. The van der Waals surface area contributed by atoms with Crippen LogP contribution in [0.2, 0.25) is 0 Å². The van der Waals surface area contributed by atoms with Crippen LogP contribution in [0.5, 0.6) is 5.75 Å². The molecule has 3 rings (SSSR count). The summed E-state index contributed by atoms with van der Waals surface area (Å²) >= 11 is 0. The van der Waals surface area contributed by atoms with Crippen molar-refractivity contribution in [3.05, 3.63) is 54.0 Å². The topological polar surface area (TPSA) is 66.0 Å². The molecule has 0 fully saturated rings. The molecule has 0 amide bonds. The largest absolute Gasteiger partial charge is 0.492 e. The molecule has 0 saturated carbocycles. The van der Waals surface area contributed by atoms with E-state index in [4.69, 9.17) is 10.5 Å². The van der Waals surface area contributed by atoms with Crippen LogP contribution in [0.1, 0.15) is 24.2 Å². The van der Waals surface area contributed by atoms with Gasteiger partial charge in [0.1, 0.15) is 5.75 Å².